The van der Waals surface area contributed by atoms with E-state index in [4.69, 9.17) is 0 Å². The number of carboxylic acid groups (broad SMARTS) is 1. The predicted molar refractivity (Wildman–Crippen MR) is 64.6 cm³/mol. The first-order valence-corrected chi connectivity index (χ1v) is 6.29. The van der Waals surface area contributed by atoms with E-state index in [9.17, 15) is 9.90 Å². The van der Waals surface area contributed by atoms with Gasteiger partial charge < -0.3 is 15.3 Å². The van der Waals surface area contributed by atoms with Gasteiger partial charge in [0.15, 0.2) is 0 Å². The van der Waals surface area contributed by atoms with Crippen LogP contribution in [0.5, 0.6) is 0 Å². The van der Waals surface area contributed by atoms with Crippen molar-refractivity contribution in [2.75, 3.05) is 26.2 Å². The molecule has 0 aromatic heterocycles. The van der Waals surface area contributed by atoms with Crippen LogP contribution in [0.4, 0.5) is 0 Å². The first kappa shape index (κ1) is 13.5. The lowest BCUT2D eigenvalue weighted by Gasteiger charge is -2.26. The van der Waals surface area contributed by atoms with Crippen LogP contribution in [0.15, 0.2) is 0 Å². The van der Waals surface area contributed by atoms with E-state index in [1.807, 2.05) is 6.92 Å². The summed E-state index contributed by atoms with van der Waals surface area (Å²) in [5.74, 6) is -0.740. The molecule has 1 aliphatic rings. The van der Waals surface area contributed by atoms with Crippen molar-refractivity contribution in [1.29, 1.82) is 0 Å². The highest BCUT2D eigenvalue weighted by atomic mass is 16.4. The number of hydrogen-bond donors (Lipinski definition) is 2. The Morgan fingerprint density at radius 2 is 2.06 bits per heavy atom. The zero-order valence-electron chi connectivity index (χ0n) is 10.5. The molecule has 1 rings (SSSR count). The summed E-state index contributed by atoms with van der Waals surface area (Å²) >= 11 is 0. The Bertz CT molecular complexity index is 227. The zero-order valence-corrected chi connectivity index (χ0v) is 10.5. The molecule has 1 heterocycles. The summed E-state index contributed by atoms with van der Waals surface area (Å²) in [6.45, 7) is 7.83. The molecule has 1 saturated heterocycles. The third kappa shape index (κ3) is 3.76. The number of carbonyl (C=O) groups is 1. The molecule has 0 radical (unpaired) electrons. The largest absolute Gasteiger partial charge is 0.480 e. The monoisotopic (exact) mass is 228 g/mol. The van der Waals surface area contributed by atoms with Gasteiger partial charge in [-0.1, -0.05) is 6.92 Å². The minimum absolute atomic E-state index is 0.701. The second-order valence-electron chi connectivity index (χ2n) is 4.82. The molecule has 1 fully saturated rings. The van der Waals surface area contributed by atoms with Crippen LogP contribution in [0.2, 0.25) is 0 Å². The molecule has 1 atom stereocenters. The molecule has 1 aliphatic heterocycles. The highest BCUT2D eigenvalue weighted by molar-refractivity contribution is 5.78. The first-order valence-electron chi connectivity index (χ1n) is 6.29. The molecule has 0 bridgehead atoms. The van der Waals surface area contributed by atoms with Crippen molar-refractivity contribution in [3.8, 4) is 0 Å². The number of nitrogens with zero attached hydrogens (tertiary/aromatic N) is 1. The fourth-order valence-electron chi connectivity index (χ4n) is 2.32. The number of likely N-dealkylation sites (tertiary alicyclic amines) is 1. The Balaban J connectivity index is 2.29. The van der Waals surface area contributed by atoms with Crippen molar-refractivity contribution in [2.24, 2.45) is 0 Å². The SMILES string of the molecule is CCNC(C)(CCCN1CCCC1)C(=O)O. The van der Waals surface area contributed by atoms with Crippen LogP contribution >= 0.6 is 0 Å². The van der Waals surface area contributed by atoms with E-state index in [2.05, 4.69) is 10.2 Å². The normalized spacial score (nSPS) is 20.9. The Hall–Kier alpha value is -0.610. The van der Waals surface area contributed by atoms with Crippen LogP contribution in [0.3, 0.4) is 0 Å². The van der Waals surface area contributed by atoms with Gasteiger partial charge >= 0.3 is 5.97 Å². The Labute approximate surface area is 98.0 Å². The third-order valence-corrected chi connectivity index (χ3v) is 3.39. The molecular weight excluding hydrogens is 204 g/mol. The molecule has 0 aromatic carbocycles. The Morgan fingerprint density at radius 1 is 1.44 bits per heavy atom. The minimum Gasteiger partial charge on any atom is -0.480 e. The second-order valence-corrected chi connectivity index (χ2v) is 4.82. The standard InChI is InChI=1S/C12H24N2O2/c1-3-13-12(2,11(15)16)7-6-10-14-8-4-5-9-14/h13H,3-10H2,1-2H3,(H,15,16). The van der Waals surface area contributed by atoms with Gasteiger partial charge in [-0.25, -0.2) is 0 Å². The molecule has 2 N–H and O–H groups in total. The van der Waals surface area contributed by atoms with Crippen LogP contribution in [0, 0.1) is 0 Å². The summed E-state index contributed by atoms with van der Waals surface area (Å²) in [7, 11) is 0. The van der Waals surface area contributed by atoms with Crippen molar-refractivity contribution in [3.05, 3.63) is 0 Å². The average molecular weight is 228 g/mol. The average Bonchev–Trinajstić information content (AvgIpc) is 2.70. The first-order chi connectivity index (χ1) is 7.58. The van der Waals surface area contributed by atoms with Crippen LogP contribution in [-0.4, -0.2) is 47.7 Å². The van der Waals surface area contributed by atoms with E-state index in [1.165, 1.54) is 25.9 Å². The van der Waals surface area contributed by atoms with E-state index in [-0.39, 0.29) is 0 Å². The summed E-state index contributed by atoms with van der Waals surface area (Å²) in [6.07, 6.45) is 4.25. The van der Waals surface area contributed by atoms with Crippen molar-refractivity contribution < 1.29 is 9.90 Å². The van der Waals surface area contributed by atoms with Crippen LogP contribution in [0.25, 0.3) is 0 Å². The highest BCUT2D eigenvalue weighted by Gasteiger charge is 2.31. The lowest BCUT2D eigenvalue weighted by Crippen LogP contribution is -2.49. The van der Waals surface area contributed by atoms with Crippen LogP contribution in [-0.2, 0) is 4.79 Å². The van der Waals surface area contributed by atoms with Crippen molar-refractivity contribution in [1.82, 2.24) is 10.2 Å². The van der Waals surface area contributed by atoms with Crippen LogP contribution < -0.4 is 5.32 Å². The predicted octanol–water partition coefficient (Wildman–Crippen LogP) is 1.32. The molecule has 0 aromatic rings. The summed E-state index contributed by atoms with van der Waals surface area (Å²) in [5, 5.41) is 12.2. The number of nitrogens with one attached hydrogen (secondary N) is 1. The quantitative estimate of drug-likeness (QED) is 0.690. The number of hydrogen-bond acceptors (Lipinski definition) is 3. The van der Waals surface area contributed by atoms with Gasteiger partial charge in [0.05, 0.1) is 0 Å². The molecular formula is C12H24N2O2. The molecule has 94 valence electrons. The van der Waals surface area contributed by atoms with Crippen molar-refractivity contribution in [2.45, 2.75) is 45.1 Å². The summed E-state index contributed by atoms with van der Waals surface area (Å²) < 4.78 is 0. The zero-order chi connectivity index (χ0) is 12.0. The maximum Gasteiger partial charge on any atom is 0.323 e. The van der Waals surface area contributed by atoms with Crippen LogP contribution in [0.1, 0.15) is 39.5 Å². The fourth-order valence-corrected chi connectivity index (χ4v) is 2.32. The smallest absolute Gasteiger partial charge is 0.323 e. The van der Waals surface area contributed by atoms with Gasteiger partial charge in [0, 0.05) is 0 Å². The Morgan fingerprint density at radius 3 is 2.56 bits per heavy atom. The summed E-state index contributed by atoms with van der Waals surface area (Å²) in [4.78, 5) is 13.6. The van der Waals surface area contributed by atoms with Gasteiger partial charge in [-0.3, -0.25) is 4.79 Å². The molecule has 1 unspecified atom stereocenters. The van der Waals surface area contributed by atoms with E-state index in [0.717, 1.165) is 13.0 Å². The van der Waals surface area contributed by atoms with E-state index in [0.29, 0.717) is 13.0 Å². The van der Waals surface area contributed by atoms with Gasteiger partial charge in [0.25, 0.3) is 0 Å². The maximum atomic E-state index is 11.2. The van der Waals surface area contributed by atoms with Gasteiger partial charge in [0.2, 0.25) is 0 Å². The molecule has 16 heavy (non-hydrogen) atoms. The number of likely N-dealkylation sites (N-methyl/N-ethyl adjacent to an activating group) is 1. The van der Waals surface area contributed by atoms with Gasteiger partial charge in [-0.05, 0) is 58.8 Å². The number of carboxylic acids is 1. The number of aliphatic carboxylic acids is 1. The second kappa shape index (κ2) is 6.21. The molecule has 4 heteroatoms. The minimum atomic E-state index is -0.755. The summed E-state index contributed by atoms with van der Waals surface area (Å²) in [6, 6.07) is 0. The van der Waals surface area contributed by atoms with E-state index in [1.54, 1.807) is 6.92 Å². The lowest BCUT2D eigenvalue weighted by atomic mass is 9.96. The summed E-state index contributed by atoms with van der Waals surface area (Å²) in [5.41, 5.74) is -0.755. The fraction of sp³-hybridized carbons (Fsp3) is 0.917. The number of rotatable bonds is 7. The molecule has 0 amide bonds. The molecule has 0 spiro atoms. The molecule has 0 aliphatic carbocycles. The third-order valence-electron chi connectivity index (χ3n) is 3.39. The Kier molecular flexibility index (Phi) is 5.22. The molecule has 0 saturated carbocycles. The van der Waals surface area contributed by atoms with Gasteiger partial charge in [-0.15, -0.1) is 0 Å². The van der Waals surface area contributed by atoms with Gasteiger partial charge in [-0.2, -0.15) is 0 Å². The maximum absolute atomic E-state index is 11.2. The molecule has 4 nitrogen and oxygen atoms in total. The van der Waals surface area contributed by atoms with E-state index < -0.39 is 11.5 Å². The van der Waals surface area contributed by atoms with Crippen molar-refractivity contribution in [3.63, 3.8) is 0 Å². The highest BCUT2D eigenvalue weighted by Crippen LogP contribution is 2.15. The lowest BCUT2D eigenvalue weighted by molar-refractivity contribution is -0.144. The van der Waals surface area contributed by atoms with Gasteiger partial charge in [0.1, 0.15) is 5.54 Å². The van der Waals surface area contributed by atoms with E-state index >= 15 is 0 Å². The topological polar surface area (TPSA) is 52.6 Å². The van der Waals surface area contributed by atoms with Crippen molar-refractivity contribution >= 4 is 5.97 Å².